The van der Waals surface area contributed by atoms with Crippen LogP contribution in [0.1, 0.15) is 34.0 Å². The molecular weight excluding hydrogens is 468 g/mol. The van der Waals surface area contributed by atoms with Crippen LogP contribution >= 0.6 is 35.6 Å². The molecule has 168 valence electrons. The molecule has 1 N–H and O–H groups in total. The summed E-state index contributed by atoms with van der Waals surface area (Å²) in [7, 11) is 1.69. The predicted octanol–water partition coefficient (Wildman–Crippen LogP) is 7.30. The fraction of sp³-hybridized carbons (Fsp3) is 0.222. The van der Waals surface area contributed by atoms with E-state index < -0.39 is 0 Å². The number of fused-ring (bicyclic) bond motifs is 3. The molecule has 4 aromatic rings. The van der Waals surface area contributed by atoms with Gasteiger partial charge < -0.3 is 14.6 Å². The van der Waals surface area contributed by atoms with E-state index in [2.05, 4.69) is 65.3 Å². The van der Waals surface area contributed by atoms with Crippen molar-refractivity contribution in [3.05, 3.63) is 99.7 Å². The van der Waals surface area contributed by atoms with Gasteiger partial charge in [0.15, 0.2) is 0 Å². The first-order chi connectivity index (χ1) is 16.0. The molecule has 3 nitrogen and oxygen atoms in total. The van der Waals surface area contributed by atoms with Gasteiger partial charge in [0.1, 0.15) is 10.1 Å². The van der Waals surface area contributed by atoms with Crippen LogP contribution in [-0.2, 0) is 12.2 Å². The normalized spacial score (nSPS) is 15.5. The summed E-state index contributed by atoms with van der Waals surface area (Å²) in [6.45, 7) is 2.97. The first-order valence-electron chi connectivity index (χ1n) is 11.0. The second kappa shape index (κ2) is 9.41. The number of thiocarbonyl (C=S) groups is 1. The summed E-state index contributed by atoms with van der Waals surface area (Å²) < 4.78 is 6.31. The maximum absolute atomic E-state index is 6.33. The van der Waals surface area contributed by atoms with Crippen molar-refractivity contribution < 1.29 is 4.74 Å². The van der Waals surface area contributed by atoms with E-state index in [1.54, 1.807) is 18.9 Å². The summed E-state index contributed by atoms with van der Waals surface area (Å²) >= 11 is 14.0. The van der Waals surface area contributed by atoms with Gasteiger partial charge in [0.2, 0.25) is 0 Å². The van der Waals surface area contributed by atoms with Crippen molar-refractivity contribution in [2.75, 3.05) is 13.7 Å². The van der Waals surface area contributed by atoms with Gasteiger partial charge >= 0.3 is 0 Å². The molecule has 0 fully saturated rings. The van der Waals surface area contributed by atoms with Gasteiger partial charge in [-0.2, -0.15) is 0 Å². The second-order valence-electron chi connectivity index (χ2n) is 8.37. The fourth-order valence-electron chi connectivity index (χ4n) is 4.50. The largest absolute Gasteiger partial charge is 0.497 e. The van der Waals surface area contributed by atoms with Crippen LogP contribution in [0, 0.1) is 6.92 Å². The Morgan fingerprint density at radius 1 is 1.12 bits per heavy atom. The summed E-state index contributed by atoms with van der Waals surface area (Å²) in [5.74, 6) is 1.71. The Labute approximate surface area is 209 Å². The highest BCUT2D eigenvalue weighted by Gasteiger charge is 2.33. The molecular formula is C27H25ClN2OS2. The van der Waals surface area contributed by atoms with Crippen molar-refractivity contribution in [1.82, 2.24) is 9.88 Å². The number of nitrogens with zero attached hydrogens (tertiary/aromatic N) is 1. The number of halogens is 1. The average molecular weight is 493 g/mol. The van der Waals surface area contributed by atoms with E-state index in [4.69, 9.17) is 28.6 Å². The van der Waals surface area contributed by atoms with E-state index in [9.17, 15) is 0 Å². The molecule has 0 saturated carbocycles. The van der Waals surface area contributed by atoms with Crippen LogP contribution in [0.25, 0.3) is 10.9 Å². The van der Waals surface area contributed by atoms with Gasteiger partial charge in [-0.25, -0.2) is 0 Å². The van der Waals surface area contributed by atoms with Crippen molar-refractivity contribution in [2.24, 2.45) is 0 Å². The van der Waals surface area contributed by atoms with Gasteiger partial charge in [-0.05, 0) is 60.4 Å². The molecule has 0 saturated heterocycles. The average Bonchev–Trinajstić information content (AvgIpc) is 3.21. The Kier molecular flexibility index (Phi) is 6.37. The van der Waals surface area contributed by atoms with Gasteiger partial charge in [0.25, 0.3) is 0 Å². The molecule has 0 bridgehead atoms. The van der Waals surface area contributed by atoms with Gasteiger partial charge in [0, 0.05) is 33.9 Å². The molecule has 33 heavy (non-hydrogen) atoms. The predicted molar refractivity (Wildman–Crippen MR) is 144 cm³/mol. The molecule has 0 radical (unpaired) electrons. The number of ether oxygens (including phenoxy) is 1. The first kappa shape index (κ1) is 22.3. The van der Waals surface area contributed by atoms with Gasteiger partial charge in [0.05, 0.1) is 13.2 Å². The molecule has 1 atom stereocenters. The monoisotopic (exact) mass is 492 g/mol. The Bertz CT molecular complexity index is 1300. The number of nitrogens with one attached hydrogen (secondary N) is 1. The summed E-state index contributed by atoms with van der Waals surface area (Å²) in [6.07, 6.45) is 0.924. The molecule has 2 heterocycles. The zero-order valence-electron chi connectivity index (χ0n) is 18.6. The van der Waals surface area contributed by atoms with E-state index in [0.717, 1.165) is 39.3 Å². The summed E-state index contributed by atoms with van der Waals surface area (Å²) in [6, 6.07) is 23.1. The highest BCUT2D eigenvalue weighted by atomic mass is 35.5. The number of aromatic nitrogens is 1. The van der Waals surface area contributed by atoms with E-state index in [1.165, 1.54) is 33.3 Å². The highest BCUT2D eigenvalue weighted by molar-refractivity contribution is 8.22. The van der Waals surface area contributed by atoms with Crippen LogP contribution in [0.5, 0.6) is 5.75 Å². The number of thioether (sulfide) groups is 1. The molecule has 3 aromatic carbocycles. The quantitative estimate of drug-likeness (QED) is 0.302. The molecule has 1 aliphatic rings. The van der Waals surface area contributed by atoms with Crippen LogP contribution < -0.4 is 4.74 Å². The van der Waals surface area contributed by atoms with Crippen molar-refractivity contribution >= 4 is 50.8 Å². The summed E-state index contributed by atoms with van der Waals surface area (Å²) in [4.78, 5) is 6.04. The van der Waals surface area contributed by atoms with Crippen LogP contribution in [0.3, 0.4) is 0 Å². The minimum Gasteiger partial charge on any atom is -0.497 e. The summed E-state index contributed by atoms with van der Waals surface area (Å²) in [5.41, 5.74) is 7.38. The minimum atomic E-state index is 0.0175. The fourth-order valence-corrected chi connectivity index (χ4v) is 5.89. The number of hydrogen-bond donors (Lipinski definition) is 1. The lowest BCUT2D eigenvalue weighted by Gasteiger charge is -2.37. The molecule has 0 aliphatic carbocycles. The topological polar surface area (TPSA) is 28.3 Å². The van der Waals surface area contributed by atoms with Crippen LogP contribution in [0.15, 0.2) is 66.7 Å². The van der Waals surface area contributed by atoms with Crippen molar-refractivity contribution in [3.8, 4) is 5.75 Å². The number of H-pyrrole nitrogens is 1. The van der Waals surface area contributed by atoms with Crippen LogP contribution in [-0.4, -0.2) is 27.9 Å². The Morgan fingerprint density at radius 2 is 1.88 bits per heavy atom. The number of aryl methyl sites for hydroxylation is 1. The molecule has 0 spiro atoms. The number of rotatable bonds is 4. The molecule has 6 heteroatoms. The lowest BCUT2D eigenvalue weighted by atomic mass is 9.93. The number of benzene rings is 3. The SMILES string of the molecule is COc1ccc(C2c3[nH]c4ccc(Cl)cc4c3CCN2C(=S)SCc2ccc(C)cc2)cc1. The van der Waals surface area contributed by atoms with Crippen LogP contribution in [0.2, 0.25) is 5.02 Å². The Balaban J connectivity index is 1.50. The Hall–Kier alpha value is -2.47. The first-order valence-corrected chi connectivity index (χ1v) is 12.7. The van der Waals surface area contributed by atoms with Crippen molar-refractivity contribution in [2.45, 2.75) is 25.1 Å². The maximum Gasteiger partial charge on any atom is 0.137 e. The minimum absolute atomic E-state index is 0.0175. The Morgan fingerprint density at radius 3 is 2.61 bits per heavy atom. The maximum atomic E-state index is 6.33. The molecule has 1 aliphatic heterocycles. The van der Waals surface area contributed by atoms with E-state index in [0.29, 0.717) is 0 Å². The molecule has 1 unspecified atom stereocenters. The summed E-state index contributed by atoms with van der Waals surface area (Å²) in [5, 5.41) is 1.96. The lowest BCUT2D eigenvalue weighted by molar-refractivity contribution is 0.345. The van der Waals surface area contributed by atoms with Gasteiger partial charge in [-0.1, -0.05) is 77.5 Å². The molecule has 5 rings (SSSR count). The van der Waals surface area contributed by atoms with E-state index >= 15 is 0 Å². The third kappa shape index (κ3) is 4.50. The lowest BCUT2D eigenvalue weighted by Crippen LogP contribution is -2.38. The number of hydrogen-bond acceptors (Lipinski definition) is 3. The third-order valence-corrected chi connectivity index (χ3v) is 8.02. The van der Waals surface area contributed by atoms with Crippen LogP contribution in [0.4, 0.5) is 0 Å². The molecule has 0 amide bonds. The second-order valence-corrected chi connectivity index (χ2v) is 10.4. The molecule has 1 aromatic heterocycles. The number of aromatic amines is 1. The van der Waals surface area contributed by atoms with E-state index in [1.807, 2.05) is 18.2 Å². The third-order valence-electron chi connectivity index (χ3n) is 6.24. The van der Waals surface area contributed by atoms with Crippen molar-refractivity contribution in [1.29, 1.82) is 0 Å². The van der Waals surface area contributed by atoms with E-state index in [-0.39, 0.29) is 6.04 Å². The van der Waals surface area contributed by atoms with Crippen molar-refractivity contribution in [3.63, 3.8) is 0 Å². The number of methoxy groups -OCH3 is 1. The van der Waals surface area contributed by atoms with Gasteiger partial charge in [-0.3, -0.25) is 0 Å². The zero-order valence-corrected chi connectivity index (χ0v) is 21.0. The standard InChI is InChI=1S/C27H25ClN2OS2/c1-17-3-5-18(6-4-17)16-33-27(32)30-14-13-22-23-15-20(28)9-12-24(23)29-25(22)26(30)19-7-10-21(31-2)11-8-19/h3-12,15,26,29H,13-14,16H2,1-2H3. The van der Waals surface area contributed by atoms with Gasteiger partial charge in [-0.15, -0.1) is 0 Å². The highest BCUT2D eigenvalue weighted by Crippen LogP contribution is 2.41. The zero-order chi connectivity index (χ0) is 22.9. The smallest absolute Gasteiger partial charge is 0.137 e.